The second-order valence-electron chi connectivity index (χ2n) is 4.72. The summed E-state index contributed by atoms with van der Waals surface area (Å²) in [5.41, 5.74) is 2.05. The fourth-order valence-electron chi connectivity index (χ4n) is 2.09. The molecule has 2 nitrogen and oxygen atoms in total. The van der Waals surface area contributed by atoms with Crippen LogP contribution < -0.4 is 4.74 Å². The number of carbonyl (C=O) groups is 1. The number of benzene rings is 1. The quantitative estimate of drug-likeness (QED) is 0.550. The van der Waals surface area contributed by atoms with Gasteiger partial charge in [-0.15, -0.1) is 11.3 Å². The van der Waals surface area contributed by atoms with Gasteiger partial charge in [0.05, 0.1) is 11.5 Å². The summed E-state index contributed by atoms with van der Waals surface area (Å²) in [6.45, 7) is 4.50. The Hall–Kier alpha value is -1.32. The van der Waals surface area contributed by atoms with Crippen molar-refractivity contribution in [3.05, 3.63) is 50.7 Å². The summed E-state index contributed by atoms with van der Waals surface area (Å²) in [5, 5.41) is 2.64. The Balaban J connectivity index is 1.83. The molecular weight excluding hydrogens is 292 g/mol. The zero-order chi connectivity index (χ0) is 14.5. The summed E-state index contributed by atoms with van der Waals surface area (Å²) in [5.74, 6) is 1.06. The molecule has 20 heavy (non-hydrogen) atoms. The highest BCUT2D eigenvalue weighted by molar-refractivity contribution is 7.12. The Labute approximate surface area is 128 Å². The fraction of sp³-hybridized carbons (Fsp3) is 0.312. The molecule has 0 aliphatic carbocycles. The minimum absolute atomic E-state index is 0.188. The van der Waals surface area contributed by atoms with Gasteiger partial charge in [0.15, 0.2) is 5.78 Å². The van der Waals surface area contributed by atoms with Crippen LogP contribution in [-0.2, 0) is 0 Å². The van der Waals surface area contributed by atoms with Gasteiger partial charge >= 0.3 is 0 Å². The lowest BCUT2D eigenvalue weighted by atomic mass is 10.1. The van der Waals surface area contributed by atoms with Crippen molar-refractivity contribution in [3.8, 4) is 5.75 Å². The van der Waals surface area contributed by atoms with Crippen LogP contribution >= 0.6 is 22.9 Å². The summed E-state index contributed by atoms with van der Waals surface area (Å²) in [4.78, 5) is 12.7. The van der Waals surface area contributed by atoms with E-state index >= 15 is 0 Å². The van der Waals surface area contributed by atoms with Crippen LogP contribution in [0.15, 0.2) is 29.6 Å². The maximum absolute atomic E-state index is 11.8. The summed E-state index contributed by atoms with van der Waals surface area (Å²) in [6.07, 6.45) is 1.24. The fourth-order valence-corrected chi connectivity index (χ4v) is 3.11. The number of Topliss-reactive ketones (excluding diaryl/α,β-unsaturated/α-hetero) is 1. The van der Waals surface area contributed by atoms with Gasteiger partial charge in [-0.05, 0) is 55.0 Å². The first-order valence-corrected chi connectivity index (χ1v) is 7.80. The third kappa shape index (κ3) is 3.84. The molecule has 0 fully saturated rings. The molecule has 0 N–H and O–H groups in total. The SMILES string of the molecule is Cc1cc(Cl)cc(C)c1OCCCC(=O)c1cccs1. The number of hydrogen-bond donors (Lipinski definition) is 0. The molecule has 2 aromatic rings. The Bertz CT molecular complexity index is 568. The van der Waals surface area contributed by atoms with Gasteiger partial charge in [-0.2, -0.15) is 0 Å². The van der Waals surface area contributed by atoms with Gasteiger partial charge in [0.25, 0.3) is 0 Å². The van der Waals surface area contributed by atoms with Gasteiger partial charge in [0.1, 0.15) is 5.75 Å². The molecule has 0 radical (unpaired) electrons. The smallest absolute Gasteiger partial charge is 0.172 e. The van der Waals surface area contributed by atoms with E-state index in [1.54, 1.807) is 0 Å². The number of ketones is 1. The predicted molar refractivity (Wildman–Crippen MR) is 84.3 cm³/mol. The van der Waals surface area contributed by atoms with Crippen molar-refractivity contribution in [1.82, 2.24) is 0 Å². The molecule has 0 amide bonds. The van der Waals surface area contributed by atoms with Crippen LogP contribution in [0, 0.1) is 13.8 Å². The molecule has 0 saturated carbocycles. The number of halogens is 1. The number of hydrogen-bond acceptors (Lipinski definition) is 3. The van der Waals surface area contributed by atoms with E-state index in [1.807, 2.05) is 43.5 Å². The molecule has 4 heteroatoms. The van der Waals surface area contributed by atoms with Crippen molar-refractivity contribution in [2.45, 2.75) is 26.7 Å². The standard InChI is InChI=1S/C16H17ClO2S/c1-11-9-13(17)10-12(2)16(11)19-7-3-5-14(18)15-6-4-8-20-15/h4,6,8-10H,3,5,7H2,1-2H3. The average molecular weight is 309 g/mol. The minimum atomic E-state index is 0.188. The van der Waals surface area contributed by atoms with Gasteiger partial charge in [-0.3, -0.25) is 4.79 Å². The van der Waals surface area contributed by atoms with E-state index in [-0.39, 0.29) is 5.78 Å². The van der Waals surface area contributed by atoms with Gasteiger partial charge in [0, 0.05) is 11.4 Å². The van der Waals surface area contributed by atoms with Crippen molar-refractivity contribution in [1.29, 1.82) is 0 Å². The van der Waals surface area contributed by atoms with Crippen LogP contribution in [0.5, 0.6) is 5.75 Å². The lowest BCUT2D eigenvalue weighted by Crippen LogP contribution is -2.04. The molecule has 0 bridgehead atoms. The Kier molecular flexibility index (Phi) is 5.21. The summed E-state index contributed by atoms with van der Waals surface area (Å²) >= 11 is 7.47. The van der Waals surface area contributed by atoms with Gasteiger partial charge in [-0.1, -0.05) is 17.7 Å². The molecule has 0 aliphatic rings. The van der Waals surface area contributed by atoms with Crippen molar-refractivity contribution in [2.75, 3.05) is 6.61 Å². The van der Waals surface area contributed by atoms with E-state index in [1.165, 1.54) is 11.3 Å². The zero-order valence-electron chi connectivity index (χ0n) is 11.6. The monoisotopic (exact) mass is 308 g/mol. The van der Waals surface area contributed by atoms with Gasteiger partial charge in [-0.25, -0.2) is 0 Å². The first-order chi connectivity index (χ1) is 9.58. The van der Waals surface area contributed by atoms with Crippen molar-refractivity contribution in [3.63, 3.8) is 0 Å². The van der Waals surface area contributed by atoms with Crippen molar-refractivity contribution < 1.29 is 9.53 Å². The second-order valence-corrected chi connectivity index (χ2v) is 6.11. The molecule has 106 valence electrons. The number of thiophene rings is 1. The molecule has 1 aromatic carbocycles. The van der Waals surface area contributed by atoms with Gasteiger partial charge in [0.2, 0.25) is 0 Å². The zero-order valence-corrected chi connectivity index (χ0v) is 13.2. The number of ether oxygens (including phenoxy) is 1. The third-order valence-corrected chi connectivity index (χ3v) is 4.14. The van der Waals surface area contributed by atoms with E-state index in [0.717, 1.165) is 33.2 Å². The van der Waals surface area contributed by atoms with E-state index < -0.39 is 0 Å². The van der Waals surface area contributed by atoms with Crippen molar-refractivity contribution >= 4 is 28.7 Å². The molecule has 1 heterocycles. The van der Waals surface area contributed by atoms with Crippen LogP contribution in [0.25, 0.3) is 0 Å². The molecule has 0 spiro atoms. The van der Waals surface area contributed by atoms with Crippen molar-refractivity contribution in [2.24, 2.45) is 0 Å². The third-order valence-electron chi connectivity index (χ3n) is 3.02. The summed E-state index contributed by atoms with van der Waals surface area (Å²) < 4.78 is 5.78. The Morgan fingerprint density at radius 3 is 2.60 bits per heavy atom. The Morgan fingerprint density at radius 1 is 1.30 bits per heavy atom. The molecule has 2 rings (SSSR count). The molecule has 0 aliphatic heterocycles. The molecule has 1 aromatic heterocycles. The summed E-state index contributed by atoms with van der Waals surface area (Å²) in [7, 11) is 0. The second kappa shape index (κ2) is 6.91. The lowest BCUT2D eigenvalue weighted by molar-refractivity contribution is 0.0977. The van der Waals surface area contributed by atoms with E-state index in [4.69, 9.17) is 16.3 Å². The first-order valence-electron chi connectivity index (χ1n) is 6.54. The number of carbonyl (C=O) groups excluding carboxylic acids is 1. The minimum Gasteiger partial charge on any atom is -0.493 e. The van der Waals surface area contributed by atoms with Crippen LogP contribution in [0.2, 0.25) is 5.02 Å². The van der Waals surface area contributed by atoms with E-state index in [0.29, 0.717) is 13.0 Å². The van der Waals surface area contributed by atoms with Crippen LogP contribution in [0.3, 0.4) is 0 Å². The highest BCUT2D eigenvalue weighted by Crippen LogP contribution is 2.27. The normalized spacial score (nSPS) is 10.6. The lowest BCUT2D eigenvalue weighted by Gasteiger charge is -2.12. The van der Waals surface area contributed by atoms with E-state index in [2.05, 4.69) is 0 Å². The molecular formula is C16H17ClO2S. The Morgan fingerprint density at radius 2 is 2.00 bits per heavy atom. The topological polar surface area (TPSA) is 26.3 Å². The first kappa shape index (κ1) is 15.1. The number of rotatable bonds is 6. The molecule has 0 atom stereocenters. The maximum atomic E-state index is 11.8. The highest BCUT2D eigenvalue weighted by Gasteiger charge is 2.08. The number of aryl methyl sites for hydroxylation is 2. The van der Waals surface area contributed by atoms with Gasteiger partial charge < -0.3 is 4.74 Å². The van der Waals surface area contributed by atoms with Crippen LogP contribution in [-0.4, -0.2) is 12.4 Å². The maximum Gasteiger partial charge on any atom is 0.172 e. The van der Waals surface area contributed by atoms with Crippen LogP contribution in [0.4, 0.5) is 0 Å². The molecule has 0 saturated heterocycles. The highest BCUT2D eigenvalue weighted by atomic mass is 35.5. The van der Waals surface area contributed by atoms with E-state index in [9.17, 15) is 4.79 Å². The van der Waals surface area contributed by atoms with Crippen LogP contribution in [0.1, 0.15) is 33.6 Å². The molecule has 0 unspecified atom stereocenters. The predicted octanol–water partition coefficient (Wildman–Crippen LogP) is 5.06. The largest absolute Gasteiger partial charge is 0.493 e. The summed E-state index contributed by atoms with van der Waals surface area (Å²) in [6, 6.07) is 7.54. The average Bonchev–Trinajstić information content (AvgIpc) is 2.90.